The molecular weight excluding hydrogens is 266 g/mol. The number of aromatic nitrogens is 2. The summed E-state index contributed by atoms with van der Waals surface area (Å²) in [4.78, 5) is 0. The van der Waals surface area contributed by atoms with E-state index in [1.165, 1.54) is 5.56 Å². The molecule has 0 amide bonds. The smallest absolute Gasteiger partial charge is 0.0656 e. The molecule has 1 N–H and O–H groups in total. The van der Waals surface area contributed by atoms with Crippen LogP contribution in [0.4, 0.5) is 0 Å². The highest BCUT2D eigenvalue weighted by Crippen LogP contribution is 2.20. The third-order valence-electron chi connectivity index (χ3n) is 2.37. The maximum Gasteiger partial charge on any atom is 0.0656 e. The molecule has 1 aromatic carbocycles. The third kappa shape index (κ3) is 2.51. The van der Waals surface area contributed by atoms with E-state index in [0.29, 0.717) is 0 Å². The maximum absolute atomic E-state index is 4.20. The fraction of sp³-hybridized carbons (Fsp3) is 0.250. The van der Waals surface area contributed by atoms with E-state index in [4.69, 9.17) is 0 Å². The maximum atomic E-state index is 4.20. The second kappa shape index (κ2) is 5.27. The van der Waals surface area contributed by atoms with Crippen LogP contribution in [0.25, 0.3) is 5.69 Å². The number of hydrogen-bond acceptors (Lipinski definition) is 2. The van der Waals surface area contributed by atoms with Gasteiger partial charge in [0, 0.05) is 23.4 Å². The van der Waals surface area contributed by atoms with Crippen molar-refractivity contribution in [1.29, 1.82) is 0 Å². The topological polar surface area (TPSA) is 29.9 Å². The molecule has 1 heterocycles. The van der Waals surface area contributed by atoms with Crippen LogP contribution in [0.15, 0.2) is 41.1 Å². The van der Waals surface area contributed by atoms with Gasteiger partial charge in [-0.05, 0) is 30.3 Å². The highest BCUT2D eigenvalue weighted by molar-refractivity contribution is 9.10. The molecule has 0 fully saturated rings. The second-order valence-electron chi connectivity index (χ2n) is 3.51. The lowest BCUT2D eigenvalue weighted by atomic mass is 10.2. The molecule has 16 heavy (non-hydrogen) atoms. The Kier molecular flexibility index (Phi) is 3.74. The molecule has 4 heteroatoms. The van der Waals surface area contributed by atoms with Crippen LogP contribution in [0.2, 0.25) is 0 Å². The van der Waals surface area contributed by atoms with Gasteiger partial charge in [-0.15, -0.1) is 0 Å². The summed E-state index contributed by atoms with van der Waals surface area (Å²) in [5, 5.41) is 7.51. The highest BCUT2D eigenvalue weighted by Gasteiger charge is 2.02. The van der Waals surface area contributed by atoms with E-state index in [0.717, 1.165) is 23.2 Å². The summed E-state index contributed by atoms with van der Waals surface area (Å²) in [5.74, 6) is 0. The number of benzene rings is 1. The van der Waals surface area contributed by atoms with Crippen LogP contribution in [-0.2, 0) is 6.54 Å². The SMILES string of the molecule is CCNCc1ccc(-n2cccn2)cc1Br. The monoisotopic (exact) mass is 279 g/mol. The number of rotatable bonds is 4. The zero-order valence-electron chi connectivity index (χ0n) is 9.15. The lowest BCUT2D eigenvalue weighted by molar-refractivity contribution is 0.724. The molecule has 0 atom stereocenters. The zero-order valence-corrected chi connectivity index (χ0v) is 10.7. The van der Waals surface area contributed by atoms with Gasteiger partial charge in [-0.25, -0.2) is 4.68 Å². The third-order valence-corrected chi connectivity index (χ3v) is 3.11. The van der Waals surface area contributed by atoms with Crippen molar-refractivity contribution in [2.24, 2.45) is 0 Å². The van der Waals surface area contributed by atoms with E-state index in [9.17, 15) is 0 Å². The molecule has 1 aromatic heterocycles. The number of nitrogens with zero attached hydrogens (tertiary/aromatic N) is 2. The molecule has 0 unspecified atom stereocenters. The molecular formula is C12H14BrN3. The molecule has 0 aliphatic rings. The van der Waals surface area contributed by atoms with Crippen LogP contribution in [0.1, 0.15) is 12.5 Å². The van der Waals surface area contributed by atoms with Gasteiger partial charge in [-0.1, -0.05) is 28.9 Å². The van der Waals surface area contributed by atoms with Gasteiger partial charge in [-0.3, -0.25) is 0 Å². The normalized spacial score (nSPS) is 10.6. The van der Waals surface area contributed by atoms with E-state index in [-0.39, 0.29) is 0 Å². The van der Waals surface area contributed by atoms with E-state index in [1.807, 2.05) is 16.9 Å². The van der Waals surface area contributed by atoms with E-state index in [1.54, 1.807) is 6.20 Å². The zero-order chi connectivity index (χ0) is 11.4. The lowest BCUT2D eigenvalue weighted by Gasteiger charge is -2.07. The summed E-state index contributed by atoms with van der Waals surface area (Å²) in [6.45, 7) is 3.97. The van der Waals surface area contributed by atoms with Crippen LogP contribution < -0.4 is 5.32 Å². The van der Waals surface area contributed by atoms with Gasteiger partial charge in [-0.2, -0.15) is 5.10 Å². The Balaban J connectivity index is 2.23. The van der Waals surface area contributed by atoms with Crippen molar-refractivity contribution in [3.63, 3.8) is 0 Å². The summed E-state index contributed by atoms with van der Waals surface area (Å²) < 4.78 is 2.96. The molecule has 0 spiro atoms. The first-order valence-corrected chi connectivity index (χ1v) is 6.09. The van der Waals surface area contributed by atoms with Crippen LogP contribution in [0, 0.1) is 0 Å². The van der Waals surface area contributed by atoms with E-state index in [2.05, 4.69) is 51.5 Å². The predicted octanol–water partition coefficient (Wildman–Crippen LogP) is 2.74. The quantitative estimate of drug-likeness (QED) is 0.933. The second-order valence-corrected chi connectivity index (χ2v) is 4.36. The van der Waals surface area contributed by atoms with Crippen molar-refractivity contribution in [3.05, 3.63) is 46.7 Å². The Hall–Kier alpha value is -1.13. The van der Waals surface area contributed by atoms with Crippen molar-refractivity contribution in [2.45, 2.75) is 13.5 Å². The van der Waals surface area contributed by atoms with Gasteiger partial charge in [0.2, 0.25) is 0 Å². The minimum atomic E-state index is 0.885. The van der Waals surface area contributed by atoms with Crippen molar-refractivity contribution >= 4 is 15.9 Å². The van der Waals surface area contributed by atoms with Gasteiger partial charge in [0.25, 0.3) is 0 Å². The average Bonchev–Trinajstić information content (AvgIpc) is 2.81. The van der Waals surface area contributed by atoms with Gasteiger partial charge in [0.15, 0.2) is 0 Å². The number of halogens is 1. The van der Waals surface area contributed by atoms with E-state index >= 15 is 0 Å². The summed E-state index contributed by atoms with van der Waals surface area (Å²) >= 11 is 3.58. The van der Waals surface area contributed by atoms with Crippen molar-refractivity contribution in [1.82, 2.24) is 15.1 Å². The van der Waals surface area contributed by atoms with Crippen LogP contribution >= 0.6 is 15.9 Å². The van der Waals surface area contributed by atoms with Crippen molar-refractivity contribution in [3.8, 4) is 5.69 Å². The van der Waals surface area contributed by atoms with Gasteiger partial charge >= 0.3 is 0 Å². The number of nitrogens with one attached hydrogen (secondary N) is 1. The molecule has 0 aliphatic heterocycles. The molecule has 2 aromatic rings. The van der Waals surface area contributed by atoms with Crippen LogP contribution in [0.3, 0.4) is 0 Å². The minimum Gasteiger partial charge on any atom is -0.313 e. The summed E-state index contributed by atoms with van der Waals surface area (Å²) in [7, 11) is 0. The lowest BCUT2D eigenvalue weighted by Crippen LogP contribution is -2.12. The van der Waals surface area contributed by atoms with Gasteiger partial charge < -0.3 is 5.32 Å². The molecule has 0 aliphatic carbocycles. The summed E-state index contributed by atoms with van der Waals surface area (Å²) in [6.07, 6.45) is 3.71. The average molecular weight is 280 g/mol. The molecule has 0 saturated carbocycles. The summed E-state index contributed by atoms with van der Waals surface area (Å²) in [5.41, 5.74) is 2.33. The fourth-order valence-electron chi connectivity index (χ4n) is 1.50. The summed E-state index contributed by atoms with van der Waals surface area (Å²) in [6, 6.07) is 8.19. The van der Waals surface area contributed by atoms with Crippen LogP contribution in [-0.4, -0.2) is 16.3 Å². The molecule has 84 valence electrons. The van der Waals surface area contributed by atoms with Gasteiger partial charge in [0.05, 0.1) is 5.69 Å². The van der Waals surface area contributed by atoms with Crippen molar-refractivity contribution in [2.75, 3.05) is 6.54 Å². The molecule has 0 bridgehead atoms. The minimum absolute atomic E-state index is 0.885. The fourth-order valence-corrected chi connectivity index (χ4v) is 2.01. The number of hydrogen-bond donors (Lipinski definition) is 1. The Labute approximate surface area is 104 Å². The largest absolute Gasteiger partial charge is 0.313 e. The first-order valence-electron chi connectivity index (χ1n) is 5.30. The van der Waals surface area contributed by atoms with Crippen LogP contribution in [0.5, 0.6) is 0 Å². The highest BCUT2D eigenvalue weighted by atomic mass is 79.9. The van der Waals surface area contributed by atoms with Crippen molar-refractivity contribution < 1.29 is 0 Å². The Bertz CT molecular complexity index is 451. The molecule has 0 radical (unpaired) electrons. The molecule has 0 saturated heterocycles. The Morgan fingerprint density at radius 2 is 2.31 bits per heavy atom. The van der Waals surface area contributed by atoms with Gasteiger partial charge in [0.1, 0.15) is 0 Å². The predicted molar refractivity (Wildman–Crippen MR) is 68.6 cm³/mol. The first kappa shape index (κ1) is 11.4. The Morgan fingerprint density at radius 1 is 1.44 bits per heavy atom. The first-order chi connectivity index (χ1) is 7.81. The molecule has 2 rings (SSSR count). The van der Waals surface area contributed by atoms with E-state index < -0.39 is 0 Å². The Morgan fingerprint density at radius 3 is 2.94 bits per heavy atom. The standard InChI is InChI=1S/C12H14BrN3/c1-2-14-9-10-4-5-11(8-12(10)13)16-7-3-6-15-16/h3-8,14H,2,9H2,1H3. The molecule has 3 nitrogen and oxygen atoms in total.